The van der Waals surface area contributed by atoms with Crippen molar-refractivity contribution in [3.63, 3.8) is 0 Å². The second kappa shape index (κ2) is 10.1. The number of nitrogens with two attached hydrogens (primary N) is 1. The van der Waals surface area contributed by atoms with Crippen LogP contribution in [0.15, 0.2) is 18.5 Å². The maximum absolute atomic E-state index is 13.6. The summed E-state index contributed by atoms with van der Waals surface area (Å²) in [6, 6.07) is 2.40. The van der Waals surface area contributed by atoms with E-state index in [9.17, 15) is 23.9 Å². The van der Waals surface area contributed by atoms with Crippen molar-refractivity contribution in [2.75, 3.05) is 11.9 Å². The summed E-state index contributed by atoms with van der Waals surface area (Å²) in [6.07, 6.45) is 3.23. The van der Waals surface area contributed by atoms with Gasteiger partial charge in [-0.3, -0.25) is 14.4 Å². The Hall–Kier alpha value is -2.98. The van der Waals surface area contributed by atoms with Crippen LogP contribution in [-0.2, 0) is 4.79 Å². The average Bonchev–Trinajstić information content (AvgIpc) is 3.25. The van der Waals surface area contributed by atoms with E-state index < -0.39 is 23.2 Å². The molecule has 11 heteroatoms. The van der Waals surface area contributed by atoms with Gasteiger partial charge in [-0.1, -0.05) is 11.6 Å². The number of nitrogens with one attached hydrogen (secondary N) is 2. The quantitative estimate of drug-likeness (QED) is 0.469. The first-order valence-electron chi connectivity index (χ1n) is 11.0. The van der Waals surface area contributed by atoms with Crippen molar-refractivity contribution in [1.29, 1.82) is 0 Å². The van der Waals surface area contributed by atoms with Crippen LogP contribution in [0.2, 0.25) is 5.02 Å². The lowest BCUT2D eigenvalue weighted by Crippen LogP contribution is -2.50. The monoisotopic (exact) mass is 493 g/mol. The largest absolute Gasteiger partial charge is 0.389 e. The topological polar surface area (TPSA) is 141 Å². The minimum absolute atomic E-state index is 0.0229. The molecule has 0 unspecified atom stereocenters. The average molecular weight is 494 g/mol. The highest BCUT2D eigenvalue weighted by Crippen LogP contribution is 2.32. The van der Waals surface area contributed by atoms with Crippen molar-refractivity contribution >= 4 is 35.0 Å². The summed E-state index contributed by atoms with van der Waals surface area (Å²) in [7, 11) is 0. The summed E-state index contributed by atoms with van der Waals surface area (Å²) < 4.78 is 13.6. The lowest BCUT2D eigenvalue weighted by Gasteiger charge is -2.39. The first-order chi connectivity index (χ1) is 15.9. The molecule has 5 N–H and O–H groups in total. The second-order valence-electron chi connectivity index (χ2n) is 9.31. The Bertz CT molecular complexity index is 1090. The van der Waals surface area contributed by atoms with Crippen LogP contribution in [-0.4, -0.2) is 55.9 Å². The molecule has 0 bridgehead atoms. The Morgan fingerprint density at radius 3 is 2.53 bits per heavy atom. The van der Waals surface area contributed by atoms with Gasteiger partial charge >= 0.3 is 0 Å². The predicted octanol–water partition coefficient (Wildman–Crippen LogP) is 3.02. The van der Waals surface area contributed by atoms with E-state index in [-0.39, 0.29) is 40.8 Å². The molecule has 9 nitrogen and oxygen atoms in total. The van der Waals surface area contributed by atoms with E-state index >= 15 is 0 Å². The Balaban J connectivity index is 1.71. The minimum atomic E-state index is -1.19. The maximum atomic E-state index is 13.6. The first-order valence-corrected chi connectivity index (χ1v) is 11.4. The van der Waals surface area contributed by atoms with Crippen molar-refractivity contribution in [1.82, 2.24) is 14.9 Å². The van der Waals surface area contributed by atoms with Gasteiger partial charge in [0.2, 0.25) is 5.91 Å². The molecule has 0 radical (unpaired) electrons. The standard InChI is InChI=1S/C23H29ClFN5O4/c1-12-8-17(15(24)9-16(12)25)29-21(32)13-4-6-14(7-5-13)30(10-23(2,3)34)22(33)19-18(20(26)31)27-11-28-19/h8-9,11,13-14,34H,4-7,10H2,1-3H3,(H2,26,31)(H,27,28)(H,29,32). The number of anilines is 1. The number of H-pyrrole nitrogens is 1. The number of nitrogens with zero attached hydrogens (tertiary/aromatic N) is 2. The molecule has 1 aliphatic carbocycles. The van der Waals surface area contributed by atoms with Gasteiger partial charge in [0.05, 0.1) is 22.6 Å². The Kier molecular flexibility index (Phi) is 7.62. The number of aromatic amines is 1. The van der Waals surface area contributed by atoms with Crippen molar-refractivity contribution < 1.29 is 23.9 Å². The number of halogens is 2. The molecule has 0 saturated heterocycles. The van der Waals surface area contributed by atoms with Crippen molar-refractivity contribution in [3.05, 3.63) is 46.3 Å². The van der Waals surface area contributed by atoms with Crippen LogP contribution in [0.4, 0.5) is 10.1 Å². The molecule has 1 aromatic heterocycles. The van der Waals surface area contributed by atoms with Gasteiger partial charge in [0.25, 0.3) is 11.8 Å². The van der Waals surface area contributed by atoms with E-state index in [1.54, 1.807) is 20.8 Å². The van der Waals surface area contributed by atoms with Crippen LogP contribution in [0.3, 0.4) is 0 Å². The van der Waals surface area contributed by atoms with Crippen LogP contribution in [0.1, 0.15) is 66.1 Å². The van der Waals surface area contributed by atoms with E-state index in [4.69, 9.17) is 17.3 Å². The Morgan fingerprint density at radius 1 is 1.29 bits per heavy atom. The molecule has 1 saturated carbocycles. The SMILES string of the molecule is Cc1cc(NC(=O)C2CCC(N(CC(C)(C)O)C(=O)c3[nH]cnc3C(N)=O)CC2)c(Cl)cc1F. The number of rotatable bonds is 7. The molecular formula is C23H29ClFN5O4. The van der Waals surface area contributed by atoms with Gasteiger partial charge in [-0.2, -0.15) is 0 Å². The molecule has 0 atom stereocenters. The van der Waals surface area contributed by atoms with E-state index in [0.29, 0.717) is 36.9 Å². The normalized spacial score (nSPS) is 18.4. The summed E-state index contributed by atoms with van der Waals surface area (Å²) in [5.74, 6) is -2.31. The smallest absolute Gasteiger partial charge is 0.273 e. The fourth-order valence-electron chi connectivity index (χ4n) is 4.21. The molecule has 1 fully saturated rings. The van der Waals surface area contributed by atoms with E-state index in [1.165, 1.54) is 23.4 Å². The number of hydrogen-bond acceptors (Lipinski definition) is 5. The Morgan fingerprint density at radius 2 is 1.94 bits per heavy atom. The van der Waals surface area contributed by atoms with Gasteiger partial charge < -0.3 is 26.0 Å². The predicted molar refractivity (Wildman–Crippen MR) is 125 cm³/mol. The third-order valence-corrected chi connectivity index (χ3v) is 6.23. The first kappa shape index (κ1) is 25.6. The number of hydrogen-bond donors (Lipinski definition) is 4. The van der Waals surface area contributed by atoms with Crippen LogP contribution in [0.25, 0.3) is 0 Å². The van der Waals surface area contributed by atoms with E-state index in [0.717, 1.165) is 0 Å². The highest BCUT2D eigenvalue weighted by atomic mass is 35.5. The highest BCUT2D eigenvalue weighted by Gasteiger charge is 2.36. The molecular weight excluding hydrogens is 465 g/mol. The maximum Gasteiger partial charge on any atom is 0.273 e. The molecule has 0 spiro atoms. The van der Waals surface area contributed by atoms with Gasteiger partial charge in [-0.05, 0) is 64.2 Å². The molecule has 3 amide bonds. The fraction of sp³-hybridized carbons (Fsp3) is 0.478. The zero-order valence-electron chi connectivity index (χ0n) is 19.3. The second-order valence-corrected chi connectivity index (χ2v) is 9.72. The number of carbonyl (C=O) groups is 3. The van der Waals surface area contributed by atoms with Gasteiger partial charge in [0, 0.05) is 18.5 Å². The number of amides is 3. The zero-order chi connectivity index (χ0) is 25.2. The number of imidazole rings is 1. The lowest BCUT2D eigenvalue weighted by molar-refractivity contribution is -0.121. The molecule has 1 heterocycles. The summed E-state index contributed by atoms with van der Waals surface area (Å²) in [6.45, 7) is 4.78. The molecule has 34 heavy (non-hydrogen) atoms. The Labute approximate surface area is 201 Å². The number of carbonyl (C=O) groups excluding carboxylic acids is 3. The van der Waals surface area contributed by atoms with Gasteiger partial charge in [-0.25, -0.2) is 9.37 Å². The molecule has 3 rings (SSSR count). The number of aliphatic hydroxyl groups is 1. The number of benzene rings is 1. The molecule has 2 aromatic rings. The molecule has 184 valence electrons. The van der Waals surface area contributed by atoms with Crippen LogP contribution < -0.4 is 11.1 Å². The van der Waals surface area contributed by atoms with Crippen LogP contribution in [0.5, 0.6) is 0 Å². The van der Waals surface area contributed by atoms with Gasteiger partial charge in [-0.15, -0.1) is 0 Å². The summed E-state index contributed by atoms with van der Waals surface area (Å²) in [5, 5.41) is 13.3. The van der Waals surface area contributed by atoms with Crippen molar-refractivity contribution in [2.24, 2.45) is 11.7 Å². The highest BCUT2D eigenvalue weighted by molar-refractivity contribution is 6.33. The molecule has 1 aromatic carbocycles. The van der Waals surface area contributed by atoms with Crippen molar-refractivity contribution in [2.45, 2.75) is 58.1 Å². The molecule has 0 aliphatic heterocycles. The van der Waals surface area contributed by atoms with E-state index in [1.807, 2.05) is 0 Å². The third-order valence-electron chi connectivity index (χ3n) is 5.92. The van der Waals surface area contributed by atoms with Gasteiger partial charge in [0.15, 0.2) is 5.69 Å². The summed E-state index contributed by atoms with van der Waals surface area (Å²) in [5.41, 5.74) is 4.68. The number of aromatic nitrogens is 2. The number of primary amides is 1. The minimum Gasteiger partial charge on any atom is -0.389 e. The lowest BCUT2D eigenvalue weighted by atomic mass is 9.84. The van der Waals surface area contributed by atoms with Crippen LogP contribution in [0, 0.1) is 18.7 Å². The van der Waals surface area contributed by atoms with Crippen LogP contribution >= 0.6 is 11.6 Å². The summed E-state index contributed by atoms with van der Waals surface area (Å²) >= 11 is 6.07. The summed E-state index contributed by atoms with van der Waals surface area (Å²) in [4.78, 5) is 45.7. The van der Waals surface area contributed by atoms with E-state index in [2.05, 4.69) is 15.3 Å². The zero-order valence-corrected chi connectivity index (χ0v) is 20.1. The fourth-order valence-corrected chi connectivity index (χ4v) is 4.41. The van der Waals surface area contributed by atoms with Crippen molar-refractivity contribution in [3.8, 4) is 0 Å². The van der Waals surface area contributed by atoms with Gasteiger partial charge in [0.1, 0.15) is 11.5 Å². The number of aryl methyl sites for hydroxylation is 1. The molecule has 1 aliphatic rings. The third kappa shape index (κ3) is 5.92.